The molecule has 1 saturated heterocycles. The largest absolute Gasteiger partial charge is 0.393 e. The molecule has 4 aliphatic carbocycles. The molecule has 8 unspecified atom stereocenters. The van der Waals surface area contributed by atoms with Gasteiger partial charge in [0.1, 0.15) is 0 Å². The van der Waals surface area contributed by atoms with Crippen LogP contribution < -0.4 is 0 Å². The molecule has 23 heavy (non-hydrogen) atoms. The van der Waals surface area contributed by atoms with E-state index >= 15 is 0 Å². The number of aliphatic hydroxyl groups excluding tert-OH is 2. The molecule has 0 aromatic heterocycles. The molecule has 5 aliphatic rings. The Balaban J connectivity index is 1.53. The minimum Gasteiger partial charge on any atom is -0.393 e. The number of ether oxygens (including phenoxy) is 1. The van der Waals surface area contributed by atoms with Gasteiger partial charge in [-0.1, -0.05) is 18.6 Å². The van der Waals surface area contributed by atoms with Gasteiger partial charge in [0.05, 0.1) is 25.4 Å². The van der Waals surface area contributed by atoms with Crippen LogP contribution >= 0.6 is 0 Å². The fraction of sp³-hybridized carbons (Fsp3) is 0.900. The smallest absolute Gasteiger partial charge is 0.0774 e. The van der Waals surface area contributed by atoms with E-state index in [1.165, 1.54) is 31.3 Å². The zero-order valence-corrected chi connectivity index (χ0v) is 14.2. The molecule has 0 aromatic carbocycles. The Bertz CT molecular complexity index is 543. The predicted octanol–water partition coefficient (Wildman–Crippen LogP) is 2.91. The van der Waals surface area contributed by atoms with Crippen molar-refractivity contribution in [3.63, 3.8) is 0 Å². The Kier molecular flexibility index (Phi) is 3.13. The highest BCUT2D eigenvalue weighted by Gasteiger charge is 2.61. The zero-order valence-electron chi connectivity index (χ0n) is 14.2. The average Bonchev–Trinajstić information content (AvgIpc) is 2.85. The minimum atomic E-state index is -0.294. The highest BCUT2D eigenvalue weighted by Crippen LogP contribution is 2.66. The first-order valence-corrected chi connectivity index (χ1v) is 9.70. The third kappa shape index (κ3) is 1.82. The maximum atomic E-state index is 10.5. The lowest BCUT2D eigenvalue weighted by Gasteiger charge is -2.61. The molecule has 2 N–H and O–H groups in total. The molecule has 0 amide bonds. The molecule has 3 saturated carbocycles. The van der Waals surface area contributed by atoms with Crippen molar-refractivity contribution < 1.29 is 14.9 Å². The van der Waals surface area contributed by atoms with Crippen LogP contribution in [0.25, 0.3) is 0 Å². The summed E-state index contributed by atoms with van der Waals surface area (Å²) in [5.74, 6) is 2.45. The van der Waals surface area contributed by atoms with Crippen molar-refractivity contribution in [2.24, 2.45) is 34.5 Å². The van der Waals surface area contributed by atoms with Crippen LogP contribution in [0.5, 0.6) is 0 Å². The highest BCUT2D eigenvalue weighted by molar-refractivity contribution is 5.28. The molecule has 1 aliphatic heterocycles. The number of fused-ring (bicyclic) bond motifs is 4. The summed E-state index contributed by atoms with van der Waals surface area (Å²) in [6.45, 7) is 3.94. The van der Waals surface area contributed by atoms with Gasteiger partial charge in [-0.15, -0.1) is 0 Å². The Hall–Kier alpha value is -0.380. The molecule has 0 aromatic rings. The second-order valence-electron chi connectivity index (χ2n) is 9.37. The molecular weight excluding hydrogens is 288 g/mol. The maximum absolute atomic E-state index is 10.5. The number of hydrogen-bond acceptors (Lipinski definition) is 3. The Morgan fingerprint density at radius 2 is 2.00 bits per heavy atom. The summed E-state index contributed by atoms with van der Waals surface area (Å²) < 4.78 is 6.02. The van der Waals surface area contributed by atoms with E-state index in [-0.39, 0.29) is 23.0 Å². The van der Waals surface area contributed by atoms with Crippen LogP contribution in [0.3, 0.4) is 0 Å². The van der Waals surface area contributed by atoms with Crippen LogP contribution in [0.1, 0.15) is 51.9 Å². The Morgan fingerprint density at radius 3 is 2.87 bits per heavy atom. The van der Waals surface area contributed by atoms with E-state index in [9.17, 15) is 10.2 Å². The quantitative estimate of drug-likeness (QED) is 0.675. The lowest BCUT2D eigenvalue weighted by Crippen LogP contribution is -2.57. The van der Waals surface area contributed by atoms with Crippen LogP contribution in [-0.2, 0) is 4.74 Å². The monoisotopic (exact) mass is 318 g/mol. The highest BCUT2D eigenvalue weighted by atomic mass is 16.5. The van der Waals surface area contributed by atoms with E-state index in [1.54, 1.807) is 0 Å². The van der Waals surface area contributed by atoms with Gasteiger partial charge in [-0.05, 0) is 68.1 Å². The topological polar surface area (TPSA) is 49.7 Å². The second-order valence-corrected chi connectivity index (χ2v) is 9.37. The van der Waals surface area contributed by atoms with Crippen LogP contribution in [0.2, 0.25) is 0 Å². The molecule has 128 valence electrons. The molecule has 3 nitrogen and oxygen atoms in total. The SMILES string of the molecule is CC12CCC3C(CCC4=CC(O)C5COCC43C5)C1CCC2O. The van der Waals surface area contributed by atoms with Gasteiger partial charge in [0, 0.05) is 11.3 Å². The Morgan fingerprint density at radius 1 is 1.13 bits per heavy atom. The van der Waals surface area contributed by atoms with Crippen molar-refractivity contribution in [3.8, 4) is 0 Å². The Labute approximate surface area is 139 Å². The van der Waals surface area contributed by atoms with E-state index in [0.29, 0.717) is 17.8 Å². The average molecular weight is 318 g/mol. The summed E-state index contributed by atoms with van der Waals surface area (Å²) in [4.78, 5) is 0. The summed E-state index contributed by atoms with van der Waals surface area (Å²) >= 11 is 0. The molecule has 1 spiro atoms. The van der Waals surface area contributed by atoms with E-state index in [1.807, 2.05) is 0 Å². The van der Waals surface area contributed by atoms with Crippen LogP contribution in [0.15, 0.2) is 11.6 Å². The third-order valence-electron chi connectivity index (χ3n) is 8.66. The van der Waals surface area contributed by atoms with Crippen molar-refractivity contribution in [2.75, 3.05) is 13.2 Å². The van der Waals surface area contributed by atoms with Gasteiger partial charge >= 0.3 is 0 Å². The normalized spacial score (nSPS) is 58.0. The first kappa shape index (κ1) is 14.9. The fourth-order valence-electron chi connectivity index (χ4n) is 7.43. The van der Waals surface area contributed by atoms with Gasteiger partial charge in [-0.25, -0.2) is 0 Å². The van der Waals surface area contributed by atoms with Crippen molar-refractivity contribution in [3.05, 3.63) is 11.6 Å². The number of hydrogen-bond donors (Lipinski definition) is 2. The summed E-state index contributed by atoms with van der Waals surface area (Å²) in [7, 11) is 0. The van der Waals surface area contributed by atoms with Crippen LogP contribution in [0, 0.1) is 34.5 Å². The molecular formula is C20H30O3. The molecule has 2 bridgehead atoms. The van der Waals surface area contributed by atoms with E-state index in [0.717, 1.165) is 38.4 Å². The predicted molar refractivity (Wildman–Crippen MR) is 87.7 cm³/mol. The molecule has 8 atom stereocenters. The lowest BCUT2D eigenvalue weighted by atomic mass is 9.46. The van der Waals surface area contributed by atoms with Gasteiger partial charge in [-0.3, -0.25) is 0 Å². The van der Waals surface area contributed by atoms with Gasteiger partial charge in [-0.2, -0.15) is 0 Å². The fourth-order valence-corrected chi connectivity index (χ4v) is 7.43. The van der Waals surface area contributed by atoms with E-state index in [4.69, 9.17) is 4.74 Å². The van der Waals surface area contributed by atoms with Crippen molar-refractivity contribution >= 4 is 0 Å². The first-order chi connectivity index (χ1) is 11.0. The van der Waals surface area contributed by atoms with E-state index in [2.05, 4.69) is 13.0 Å². The van der Waals surface area contributed by atoms with Gasteiger partial charge in [0.2, 0.25) is 0 Å². The molecule has 0 radical (unpaired) electrons. The third-order valence-corrected chi connectivity index (χ3v) is 8.66. The van der Waals surface area contributed by atoms with Crippen molar-refractivity contribution in [1.29, 1.82) is 0 Å². The second kappa shape index (κ2) is 4.83. The molecule has 3 heteroatoms. The lowest BCUT2D eigenvalue weighted by molar-refractivity contribution is -0.143. The van der Waals surface area contributed by atoms with Crippen LogP contribution in [0.4, 0.5) is 0 Å². The molecule has 4 fully saturated rings. The first-order valence-electron chi connectivity index (χ1n) is 9.70. The van der Waals surface area contributed by atoms with Gasteiger partial charge < -0.3 is 14.9 Å². The van der Waals surface area contributed by atoms with E-state index < -0.39 is 0 Å². The zero-order chi connectivity index (χ0) is 15.8. The summed E-state index contributed by atoms with van der Waals surface area (Å²) in [6.07, 6.45) is 9.94. The minimum absolute atomic E-state index is 0.0913. The van der Waals surface area contributed by atoms with Crippen molar-refractivity contribution in [1.82, 2.24) is 0 Å². The molecule has 1 heterocycles. The number of aliphatic hydroxyl groups is 2. The van der Waals surface area contributed by atoms with Crippen LogP contribution in [-0.4, -0.2) is 35.6 Å². The molecule has 5 rings (SSSR count). The van der Waals surface area contributed by atoms with Gasteiger partial charge in [0.15, 0.2) is 0 Å². The number of rotatable bonds is 0. The summed E-state index contributed by atoms with van der Waals surface area (Å²) in [5.41, 5.74) is 1.87. The van der Waals surface area contributed by atoms with Gasteiger partial charge in [0.25, 0.3) is 0 Å². The summed E-state index contributed by atoms with van der Waals surface area (Å²) in [6, 6.07) is 0. The standard InChI is InChI=1S/C20H30O3/c1-19-7-6-16-14(15(19)4-5-18(19)22)3-2-13-8-17(21)12-9-20(13,16)11-23-10-12/h8,12,14-18,21-22H,2-7,9-11H2,1H3. The summed E-state index contributed by atoms with van der Waals surface area (Å²) in [5, 5.41) is 20.9. The van der Waals surface area contributed by atoms with Crippen molar-refractivity contribution in [2.45, 2.75) is 64.1 Å². The maximum Gasteiger partial charge on any atom is 0.0774 e.